The van der Waals surface area contributed by atoms with E-state index in [1.807, 2.05) is 32.0 Å². The number of amides is 1. The first kappa shape index (κ1) is 13.0. The first-order chi connectivity index (χ1) is 7.18. The van der Waals surface area contributed by atoms with Gasteiger partial charge in [0.25, 0.3) is 0 Å². The topological polar surface area (TPSA) is 41.1 Å². The number of carbonyl (C=O) groups excluding carboxylic acids is 1. The van der Waals surface area contributed by atoms with Gasteiger partial charge in [0, 0.05) is 5.69 Å². The van der Waals surface area contributed by atoms with E-state index in [-0.39, 0.29) is 24.4 Å². The number of aryl methyl sites for hydroxylation is 1. The van der Waals surface area contributed by atoms with Gasteiger partial charge in [-0.2, -0.15) is 0 Å². The fraction of sp³-hybridized carbons (Fsp3) is 0.417. The molecule has 16 heavy (non-hydrogen) atoms. The average molecular weight is 241 g/mol. The molecule has 1 atom stereocenters. The summed E-state index contributed by atoms with van der Waals surface area (Å²) in [7, 11) is 0. The van der Waals surface area contributed by atoms with Crippen molar-refractivity contribution in [3.8, 4) is 0 Å². The van der Waals surface area contributed by atoms with E-state index in [0.29, 0.717) is 0 Å². The third kappa shape index (κ3) is 2.54. The summed E-state index contributed by atoms with van der Waals surface area (Å²) in [6.45, 7) is 5.02. The zero-order valence-corrected chi connectivity index (χ0v) is 10.4. The highest BCUT2D eigenvalue weighted by Gasteiger charge is 2.24. The standard InChI is InChI=1S/C12H16N2O.ClH/c1-8-4-3-5-10(9(8)2)14-12(15)11-6-7-13-11;/h3-5,11,13H,6-7H2,1-2H3,(H,14,15);1H/t11-;/m1./s1. The van der Waals surface area contributed by atoms with Crippen LogP contribution in [0.1, 0.15) is 17.5 Å². The summed E-state index contributed by atoms with van der Waals surface area (Å²) in [6, 6.07) is 5.96. The second-order valence-electron chi connectivity index (χ2n) is 4.03. The highest BCUT2D eigenvalue weighted by Crippen LogP contribution is 2.18. The summed E-state index contributed by atoms with van der Waals surface area (Å²) in [5.41, 5.74) is 3.27. The summed E-state index contributed by atoms with van der Waals surface area (Å²) >= 11 is 0. The van der Waals surface area contributed by atoms with Gasteiger partial charge in [0.2, 0.25) is 5.91 Å². The van der Waals surface area contributed by atoms with E-state index >= 15 is 0 Å². The largest absolute Gasteiger partial charge is 0.324 e. The Morgan fingerprint density at radius 2 is 2.12 bits per heavy atom. The first-order valence-corrected chi connectivity index (χ1v) is 5.29. The van der Waals surface area contributed by atoms with Gasteiger partial charge in [0.15, 0.2) is 0 Å². The fourth-order valence-corrected chi connectivity index (χ4v) is 1.62. The molecule has 1 saturated heterocycles. The van der Waals surface area contributed by atoms with Crippen molar-refractivity contribution < 1.29 is 4.79 Å². The highest BCUT2D eigenvalue weighted by molar-refractivity contribution is 5.96. The molecular weight excluding hydrogens is 224 g/mol. The second kappa shape index (κ2) is 5.32. The molecule has 0 aromatic heterocycles. The molecule has 2 rings (SSSR count). The van der Waals surface area contributed by atoms with Crippen LogP contribution in [0.4, 0.5) is 5.69 Å². The van der Waals surface area contributed by atoms with Gasteiger partial charge in [-0.1, -0.05) is 12.1 Å². The maximum Gasteiger partial charge on any atom is 0.241 e. The molecule has 4 heteroatoms. The number of hydrogen-bond acceptors (Lipinski definition) is 2. The SMILES string of the molecule is Cc1cccc(NC(=O)[C@H]2CCN2)c1C.Cl. The van der Waals surface area contributed by atoms with Gasteiger partial charge < -0.3 is 10.6 Å². The monoisotopic (exact) mass is 240 g/mol. The number of nitrogens with one attached hydrogen (secondary N) is 2. The van der Waals surface area contributed by atoms with Crippen LogP contribution in [-0.2, 0) is 4.79 Å². The van der Waals surface area contributed by atoms with Crippen LogP contribution in [0.25, 0.3) is 0 Å². The second-order valence-corrected chi connectivity index (χ2v) is 4.03. The Labute approximate surface area is 102 Å². The molecule has 0 unspecified atom stereocenters. The van der Waals surface area contributed by atoms with Gasteiger partial charge in [-0.05, 0) is 44.0 Å². The van der Waals surface area contributed by atoms with Crippen molar-refractivity contribution >= 4 is 24.0 Å². The first-order valence-electron chi connectivity index (χ1n) is 5.29. The van der Waals surface area contributed by atoms with Gasteiger partial charge in [-0.25, -0.2) is 0 Å². The molecular formula is C12H17ClN2O. The molecule has 1 aliphatic rings. The molecule has 0 bridgehead atoms. The number of halogens is 1. The molecule has 1 aliphatic heterocycles. The van der Waals surface area contributed by atoms with Crippen molar-refractivity contribution in [3.63, 3.8) is 0 Å². The predicted molar refractivity (Wildman–Crippen MR) is 68.2 cm³/mol. The lowest BCUT2D eigenvalue weighted by molar-refractivity contribution is -0.119. The minimum absolute atomic E-state index is 0. The highest BCUT2D eigenvalue weighted by atomic mass is 35.5. The van der Waals surface area contributed by atoms with Gasteiger partial charge in [-0.3, -0.25) is 4.79 Å². The Morgan fingerprint density at radius 3 is 2.69 bits per heavy atom. The van der Waals surface area contributed by atoms with Crippen LogP contribution in [0, 0.1) is 13.8 Å². The minimum atomic E-state index is 0. The molecule has 0 saturated carbocycles. The Bertz CT molecular complexity index is 389. The zero-order chi connectivity index (χ0) is 10.8. The van der Waals surface area contributed by atoms with Crippen molar-refractivity contribution in [2.75, 3.05) is 11.9 Å². The minimum Gasteiger partial charge on any atom is -0.324 e. The summed E-state index contributed by atoms with van der Waals surface area (Å²) in [6.07, 6.45) is 0.941. The zero-order valence-electron chi connectivity index (χ0n) is 9.54. The smallest absolute Gasteiger partial charge is 0.241 e. The molecule has 1 aromatic rings. The average Bonchev–Trinajstić information content (AvgIpc) is 2.10. The van der Waals surface area contributed by atoms with E-state index in [2.05, 4.69) is 10.6 Å². The number of benzene rings is 1. The van der Waals surface area contributed by atoms with E-state index in [9.17, 15) is 4.79 Å². The Hall–Kier alpha value is -1.06. The normalized spacial score (nSPS) is 18.2. The van der Waals surface area contributed by atoms with Crippen LogP contribution < -0.4 is 10.6 Å². The summed E-state index contributed by atoms with van der Waals surface area (Å²) in [5, 5.41) is 6.04. The van der Waals surface area contributed by atoms with E-state index in [1.165, 1.54) is 5.56 Å². The maximum atomic E-state index is 11.7. The Kier molecular flexibility index (Phi) is 4.33. The van der Waals surface area contributed by atoms with E-state index in [0.717, 1.165) is 24.2 Å². The third-order valence-corrected chi connectivity index (χ3v) is 3.00. The quantitative estimate of drug-likeness (QED) is 0.831. The van der Waals surface area contributed by atoms with Crippen LogP contribution >= 0.6 is 12.4 Å². The van der Waals surface area contributed by atoms with Crippen LogP contribution in [0.3, 0.4) is 0 Å². The van der Waals surface area contributed by atoms with Crippen molar-refractivity contribution in [3.05, 3.63) is 29.3 Å². The summed E-state index contributed by atoms with van der Waals surface area (Å²) in [4.78, 5) is 11.7. The molecule has 2 N–H and O–H groups in total. The van der Waals surface area contributed by atoms with E-state index in [1.54, 1.807) is 0 Å². The van der Waals surface area contributed by atoms with Crippen LogP contribution in [-0.4, -0.2) is 18.5 Å². The Morgan fingerprint density at radius 1 is 1.44 bits per heavy atom. The van der Waals surface area contributed by atoms with Gasteiger partial charge in [0.05, 0.1) is 6.04 Å². The lowest BCUT2D eigenvalue weighted by Gasteiger charge is -2.26. The van der Waals surface area contributed by atoms with Crippen molar-refractivity contribution in [1.29, 1.82) is 0 Å². The van der Waals surface area contributed by atoms with Crippen molar-refractivity contribution in [2.45, 2.75) is 26.3 Å². The number of anilines is 1. The molecule has 88 valence electrons. The third-order valence-electron chi connectivity index (χ3n) is 3.00. The molecule has 1 heterocycles. The number of hydrogen-bond donors (Lipinski definition) is 2. The van der Waals surface area contributed by atoms with E-state index < -0.39 is 0 Å². The van der Waals surface area contributed by atoms with Crippen LogP contribution in [0.5, 0.6) is 0 Å². The molecule has 1 aromatic carbocycles. The molecule has 1 amide bonds. The summed E-state index contributed by atoms with van der Waals surface area (Å²) in [5.74, 6) is 0.0787. The molecule has 3 nitrogen and oxygen atoms in total. The summed E-state index contributed by atoms with van der Waals surface area (Å²) < 4.78 is 0. The number of rotatable bonds is 2. The molecule has 1 fully saturated rings. The van der Waals surface area contributed by atoms with E-state index in [4.69, 9.17) is 0 Å². The van der Waals surface area contributed by atoms with Gasteiger partial charge in [-0.15, -0.1) is 12.4 Å². The predicted octanol–water partition coefficient (Wildman–Crippen LogP) is 2.03. The van der Waals surface area contributed by atoms with Crippen molar-refractivity contribution in [1.82, 2.24) is 5.32 Å². The molecule has 0 aliphatic carbocycles. The van der Waals surface area contributed by atoms with Gasteiger partial charge in [0.1, 0.15) is 0 Å². The molecule has 0 spiro atoms. The van der Waals surface area contributed by atoms with Gasteiger partial charge >= 0.3 is 0 Å². The maximum absolute atomic E-state index is 11.7. The lowest BCUT2D eigenvalue weighted by Crippen LogP contribution is -2.50. The lowest BCUT2D eigenvalue weighted by atomic mass is 10.1. The number of carbonyl (C=O) groups is 1. The van der Waals surface area contributed by atoms with Crippen molar-refractivity contribution in [2.24, 2.45) is 0 Å². The van der Waals surface area contributed by atoms with Crippen LogP contribution in [0.15, 0.2) is 18.2 Å². The Balaban J connectivity index is 0.00000128. The fourth-order valence-electron chi connectivity index (χ4n) is 1.62. The molecule has 0 radical (unpaired) electrons. The van der Waals surface area contributed by atoms with Crippen LogP contribution in [0.2, 0.25) is 0 Å².